The van der Waals surface area contributed by atoms with Gasteiger partial charge in [0.1, 0.15) is 6.54 Å². The highest BCUT2D eigenvalue weighted by Gasteiger charge is 2.23. The van der Waals surface area contributed by atoms with E-state index in [2.05, 4.69) is 20.8 Å². The van der Waals surface area contributed by atoms with E-state index in [9.17, 15) is 4.79 Å². The molecule has 0 saturated heterocycles. The normalized spacial score (nSPS) is 11.6. The summed E-state index contributed by atoms with van der Waals surface area (Å²) in [6.07, 6.45) is 0. The number of benzene rings is 2. The van der Waals surface area contributed by atoms with Crippen LogP contribution < -0.4 is 5.32 Å². The third kappa shape index (κ3) is 3.21. The first-order valence-electron chi connectivity index (χ1n) is 7.49. The molecule has 6 heteroatoms. The molecule has 0 aliphatic heterocycles. The van der Waals surface area contributed by atoms with Crippen LogP contribution in [0.1, 0.15) is 26.6 Å². The number of carbonyl (C=O) groups is 1. The van der Waals surface area contributed by atoms with Crippen LogP contribution in [0.4, 0.5) is 5.69 Å². The van der Waals surface area contributed by atoms with Crippen molar-refractivity contribution in [2.24, 2.45) is 0 Å². The lowest BCUT2D eigenvalue weighted by Gasteiger charge is -2.17. The van der Waals surface area contributed by atoms with Gasteiger partial charge in [-0.15, -0.1) is 5.10 Å². The predicted molar refractivity (Wildman–Crippen MR) is 89.1 cm³/mol. The van der Waals surface area contributed by atoms with Crippen molar-refractivity contribution < 1.29 is 4.79 Å². The van der Waals surface area contributed by atoms with E-state index in [1.807, 2.05) is 63.2 Å². The van der Waals surface area contributed by atoms with Crippen LogP contribution in [-0.4, -0.2) is 26.1 Å². The van der Waals surface area contributed by atoms with E-state index in [1.54, 1.807) is 4.68 Å². The number of nitrogens with zero attached hydrogens (tertiary/aromatic N) is 4. The Labute approximate surface area is 134 Å². The van der Waals surface area contributed by atoms with Crippen LogP contribution in [-0.2, 0) is 16.8 Å². The summed E-state index contributed by atoms with van der Waals surface area (Å²) in [6, 6.07) is 13.8. The highest BCUT2D eigenvalue weighted by atomic mass is 16.2. The van der Waals surface area contributed by atoms with Gasteiger partial charge < -0.3 is 5.32 Å². The van der Waals surface area contributed by atoms with Gasteiger partial charge in [0.15, 0.2) is 5.82 Å². The molecule has 23 heavy (non-hydrogen) atoms. The zero-order valence-corrected chi connectivity index (χ0v) is 13.4. The molecule has 0 aliphatic carbocycles. The van der Waals surface area contributed by atoms with E-state index in [0.717, 1.165) is 16.5 Å². The molecule has 1 amide bonds. The molecule has 2 aromatic carbocycles. The Bertz CT molecular complexity index is 842. The molecule has 3 aromatic rings. The van der Waals surface area contributed by atoms with Gasteiger partial charge in [-0.25, -0.2) is 4.68 Å². The summed E-state index contributed by atoms with van der Waals surface area (Å²) < 4.78 is 1.54. The second-order valence-electron chi connectivity index (χ2n) is 6.49. The third-order valence-electron chi connectivity index (χ3n) is 3.56. The Morgan fingerprint density at radius 1 is 1.13 bits per heavy atom. The lowest BCUT2D eigenvalue weighted by atomic mass is 9.96. The van der Waals surface area contributed by atoms with Crippen LogP contribution in [0.3, 0.4) is 0 Å². The highest BCUT2D eigenvalue weighted by Crippen LogP contribution is 2.23. The molecule has 0 saturated carbocycles. The molecular formula is C17H19N5O. The number of amides is 1. The standard InChI is InChI=1S/C17H19N5O/c1-17(2,3)16-19-20-21-22(16)11-15(23)18-14-10-6-8-12-7-4-5-9-13(12)14/h4-10H,11H2,1-3H3,(H,18,23). The second-order valence-corrected chi connectivity index (χ2v) is 6.49. The van der Waals surface area contributed by atoms with Crippen LogP contribution in [0.5, 0.6) is 0 Å². The first-order chi connectivity index (χ1) is 10.9. The Kier molecular flexibility index (Phi) is 3.82. The van der Waals surface area contributed by atoms with E-state index in [-0.39, 0.29) is 17.9 Å². The van der Waals surface area contributed by atoms with E-state index in [4.69, 9.17) is 0 Å². The van der Waals surface area contributed by atoms with Crippen molar-refractivity contribution in [3.8, 4) is 0 Å². The maximum atomic E-state index is 12.4. The van der Waals surface area contributed by atoms with Crippen molar-refractivity contribution >= 4 is 22.4 Å². The summed E-state index contributed by atoms with van der Waals surface area (Å²) in [5, 5.41) is 16.7. The van der Waals surface area contributed by atoms with Crippen molar-refractivity contribution in [3.05, 3.63) is 48.3 Å². The molecule has 1 N–H and O–H groups in total. The minimum Gasteiger partial charge on any atom is -0.324 e. The van der Waals surface area contributed by atoms with Gasteiger partial charge in [-0.05, 0) is 21.9 Å². The fourth-order valence-corrected chi connectivity index (χ4v) is 2.51. The zero-order chi connectivity index (χ0) is 16.4. The first kappa shape index (κ1) is 15.1. The molecule has 1 heterocycles. The smallest absolute Gasteiger partial charge is 0.246 e. The minimum absolute atomic E-state index is 0.0861. The minimum atomic E-state index is -0.219. The molecule has 0 spiro atoms. The largest absolute Gasteiger partial charge is 0.324 e. The van der Waals surface area contributed by atoms with Gasteiger partial charge in [-0.3, -0.25) is 4.79 Å². The third-order valence-corrected chi connectivity index (χ3v) is 3.56. The van der Waals surface area contributed by atoms with E-state index in [1.165, 1.54) is 0 Å². The van der Waals surface area contributed by atoms with Crippen molar-refractivity contribution in [2.75, 3.05) is 5.32 Å². The van der Waals surface area contributed by atoms with Gasteiger partial charge in [-0.2, -0.15) is 0 Å². The number of aromatic nitrogens is 4. The highest BCUT2D eigenvalue weighted by molar-refractivity contribution is 6.01. The summed E-state index contributed by atoms with van der Waals surface area (Å²) in [4.78, 5) is 12.4. The van der Waals surface area contributed by atoms with Crippen LogP contribution in [0.25, 0.3) is 10.8 Å². The van der Waals surface area contributed by atoms with Gasteiger partial charge in [0, 0.05) is 16.5 Å². The van der Waals surface area contributed by atoms with Crippen molar-refractivity contribution in [3.63, 3.8) is 0 Å². The molecule has 0 fully saturated rings. The van der Waals surface area contributed by atoms with E-state index >= 15 is 0 Å². The van der Waals surface area contributed by atoms with Crippen molar-refractivity contribution in [1.82, 2.24) is 20.2 Å². The van der Waals surface area contributed by atoms with E-state index < -0.39 is 0 Å². The van der Waals surface area contributed by atoms with Crippen LogP contribution in [0.2, 0.25) is 0 Å². The topological polar surface area (TPSA) is 72.7 Å². The Hall–Kier alpha value is -2.76. The van der Waals surface area contributed by atoms with Gasteiger partial charge in [0.25, 0.3) is 0 Å². The zero-order valence-electron chi connectivity index (χ0n) is 13.4. The Balaban J connectivity index is 1.81. The Morgan fingerprint density at radius 3 is 2.65 bits per heavy atom. The maximum Gasteiger partial charge on any atom is 0.246 e. The van der Waals surface area contributed by atoms with E-state index in [0.29, 0.717) is 5.82 Å². The summed E-state index contributed by atoms with van der Waals surface area (Å²) in [6.45, 7) is 6.12. The molecule has 0 bridgehead atoms. The average molecular weight is 309 g/mol. The molecule has 3 rings (SSSR count). The van der Waals surface area contributed by atoms with Crippen LogP contribution in [0.15, 0.2) is 42.5 Å². The molecule has 118 valence electrons. The van der Waals surface area contributed by atoms with Crippen LogP contribution in [0, 0.1) is 0 Å². The molecule has 6 nitrogen and oxygen atoms in total. The molecule has 0 radical (unpaired) electrons. The van der Waals surface area contributed by atoms with Crippen molar-refractivity contribution in [1.29, 1.82) is 0 Å². The maximum absolute atomic E-state index is 12.4. The Morgan fingerprint density at radius 2 is 1.87 bits per heavy atom. The average Bonchev–Trinajstić information content (AvgIpc) is 2.96. The fraction of sp³-hybridized carbons (Fsp3) is 0.294. The lowest BCUT2D eigenvalue weighted by molar-refractivity contribution is -0.117. The fourth-order valence-electron chi connectivity index (χ4n) is 2.51. The molecule has 1 aromatic heterocycles. The number of hydrogen-bond acceptors (Lipinski definition) is 4. The molecule has 0 atom stereocenters. The monoisotopic (exact) mass is 309 g/mol. The second kappa shape index (κ2) is 5.79. The number of carbonyl (C=O) groups excluding carboxylic acids is 1. The van der Waals surface area contributed by atoms with Gasteiger partial charge in [0.05, 0.1) is 0 Å². The number of rotatable bonds is 3. The number of nitrogens with one attached hydrogen (secondary N) is 1. The molecule has 0 aliphatic rings. The van der Waals surface area contributed by atoms with Crippen molar-refractivity contribution in [2.45, 2.75) is 32.7 Å². The number of hydrogen-bond donors (Lipinski definition) is 1. The van der Waals surface area contributed by atoms with Gasteiger partial charge in [0.2, 0.25) is 5.91 Å². The summed E-state index contributed by atoms with van der Waals surface area (Å²) >= 11 is 0. The quantitative estimate of drug-likeness (QED) is 0.807. The summed E-state index contributed by atoms with van der Waals surface area (Å²) in [5.41, 5.74) is 0.571. The van der Waals surface area contributed by atoms with Gasteiger partial charge >= 0.3 is 0 Å². The van der Waals surface area contributed by atoms with Crippen LogP contribution >= 0.6 is 0 Å². The molecular weight excluding hydrogens is 290 g/mol. The van der Waals surface area contributed by atoms with Gasteiger partial charge in [-0.1, -0.05) is 57.2 Å². The SMILES string of the molecule is CC(C)(C)c1nnnn1CC(=O)Nc1cccc2ccccc12. The summed E-state index contributed by atoms with van der Waals surface area (Å²) in [5.74, 6) is 0.532. The predicted octanol–water partition coefficient (Wildman–Crippen LogP) is 2.76. The first-order valence-corrected chi connectivity index (χ1v) is 7.49. The number of fused-ring (bicyclic) bond motifs is 1. The molecule has 0 unspecified atom stereocenters. The number of anilines is 1. The summed E-state index contributed by atoms with van der Waals surface area (Å²) in [7, 11) is 0. The lowest BCUT2D eigenvalue weighted by Crippen LogP contribution is -2.25. The number of tetrazole rings is 1.